The number of alkyl halides is 3. The van der Waals surface area contributed by atoms with E-state index in [4.69, 9.17) is 4.42 Å². The van der Waals surface area contributed by atoms with Gasteiger partial charge in [-0.25, -0.2) is 9.78 Å². The number of aromatic nitrogens is 2. The topological polar surface area (TPSA) is 68.3 Å². The maximum absolute atomic E-state index is 13.5. The number of rotatable bonds is 2. The van der Waals surface area contributed by atoms with E-state index in [1.54, 1.807) is 29.2 Å². The zero-order valence-electron chi connectivity index (χ0n) is 17.5. The van der Waals surface area contributed by atoms with Gasteiger partial charge in [-0.3, -0.25) is 9.36 Å². The summed E-state index contributed by atoms with van der Waals surface area (Å²) in [5.41, 5.74) is -1.64. The predicted molar refractivity (Wildman–Crippen MR) is 121 cm³/mol. The molecule has 2 aromatic carbocycles. The summed E-state index contributed by atoms with van der Waals surface area (Å²) in [5, 5.41) is 2.47. The van der Waals surface area contributed by atoms with Crippen molar-refractivity contribution in [3.8, 4) is 0 Å². The number of allylic oxidation sites excluding steroid dienone is 2. The van der Waals surface area contributed by atoms with Gasteiger partial charge in [0, 0.05) is 24.1 Å². The molecule has 2 atom stereocenters. The zero-order chi connectivity index (χ0) is 23.6. The average Bonchev–Trinajstić information content (AvgIpc) is 3.12. The molecule has 170 valence electrons. The Kier molecular flexibility index (Phi) is 4.32. The predicted octanol–water partition coefficient (Wildman–Crippen LogP) is 4.58. The molecule has 0 saturated heterocycles. The highest BCUT2D eigenvalue weighted by atomic mass is 19.4. The van der Waals surface area contributed by atoms with Crippen LogP contribution in [0.4, 0.5) is 19.1 Å². The van der Waals surface area contributed by atoms with E-state index in [9.17, 15) is 22.8 Å². The van der Waals surface area contributed by atoms with Crippen LogP contribution in [0.15, 0.2) is 86.8 Å². The number of anilines is 1. The van der Waals surface area contributed by atoms with Crippen molar-refractivity contribution < 1.29 is 17.6 Å². The van der Waals surface area contributed by atoms with Crippen molar-refractivity contribution in [2.75, 3.05) is 4.90 Å². The molecule has 0 fully saturated rings. The molecule has 4 aromatic rings. The molecule has 2 aliphatic rings. The molecule has 1 aliphatic heterocycles. The highest BCUT2D eigenvalue weighted by Gasteiger charge is 2.42. The van der Waals surface area contributed by atoms with Crippen molar-refractivity contribution in [1.29, 1.82) is 0 Å². The van der Waals surface area contributed by atoms with Crippen LogP contribution >= 0.6 is 0 Å². The van der Waals surface area contributed by atoms with Crippen LogP contribution in [0, 0.1) is 0 Å². The maximum Gasteiger partial charge on any atom is 0.433 e. The van der Waals surface area contributed by atoms with Crippen molar-refractivity contribution in [2.45, 2.75) is 24.8 Å². The molecular weight excluding hydrogens is 447 g/mol. The lowest BCUT2D eigenvalue weighted by atomic mass is 10.00. The lowest BCUT2D eigenvalue weighted by Crippen LogP contribution is -2.33. The second kappa shape index (κ2) is 7.18. The Labute approximate surface area is 189 Å². The van der Waals surface area contributed by atoms with Gasteiger partial charge in [-0.15, -0.1) is 0 Å². The standard InChI is InChI=1S/C25H16F3N3O3/c26-25(27,28)20-12-21(32)31-18-8-4-3-7-17(18)30(24(31)29-20)13-15-11-22(33)34-19-10-9-14-5-1-2-6-16(14)23(15)19/h1-12,17-18H,13H2. The van der Waals surface area contributed by atoms with Crippen LogP contribution < -0.4 is 16.1 Å². The molecule has 0 N–H and O–H groups in total. The molecule has 2 unspecified atom stereocenters. The van der Waals surface area contributed by atoms with E-state index < -0.39 is 35.1 Å². The van der Waals surface area contributed by atoms with E-state index in [1.165, 1.54) is 10.6 Å². The average molecular weight is 463 g/mol. The summed E-state index contributed by atoms with van der Waals surface area (Å²) in [7, 11) is 0. The van der Waals surface area contributed by atoms with Crippen molar-refractivity contribution in [2.24, 2.45) is 0 Å². The number of benzene rings is 2. The van der Waals surface area contributed by atoms with Crippen LogP contribution in [-0.4, -0.2) is 15.6 Å². The molecule has 2 aromatic heterocycles. The number of halogens is 3. The molecule has 0 spiro atoms. The SMILES string of the molecule is O=c1cc(CN2c3nc(C(F)(F)F)cc(=O)n3C3C=CC=CC32)c2c(ccc3ccccc32)o1. The molecule has 6 nitrogen and oxygen atoms in total. The first kappa shape index (κ1) is 20.5. The summed E-state index contributed by atoms with van der Waals surface area (Å²) in [6, 6.07) is 12.1. The van der Waals surface area contributed by atoms with E-state index in [0.29, 0.717) is 22.6 Å². The first-order valence-electron chi connectivity index (χ1n) is 10.6. The van der Waals surface area contributed by atoms with Gasteiger partial charge in [0.15, 0.2) is 5.69 Å². The van der Waals surface area contributed by atoms with Gasteiger partial charge >= 0.3 is 11.8 Å². The van der Waals surface area contributed by atoms with Gasteiger partial charge in [-0.2, -0.15) is 13.2 Å². The molecule has 0 amide bonds. The monoisotopic (exact) mass is 463 g/mol. The Morgan fingerprint density at radius 3 is 2.53 bits per heavy atom. The fraction of sp³-hybridized carbons (Fsp3) is 0.160. The van der Waals surface area contributed by atoms with Crippen molar-refractivity contribution in [3.63, 3.8) is 0 Å². The Morgan fingerprint density at radius 1 is 0.971 bits per heavy atom. The zero-order valence-corrected chi connectivity index (χ0v) is 17.5. The van der Waals surface area contributed by atoms with Crippen LogP contribution in [-0.2, 0) is 12.7 Å². The number of hydrogen-bond donors (Lipinski definition) is 0. The first-order chi connectivity index (χ1) is 16.3. The van der Waals surface area contributed by atoms with E-state index in [0.717, 1.165) is 10.8 Å². The van der Waals surface area contributed by atoms with Gasteiger partial charge in [0.25, 0.3) is 5.56 Å². The lowest BCUT2D eigenvalue weighted by molar-refractivity contribution is -0.141. The summed E-state index contributed by atoms with van der Waals surface area (Å²) >= 11 is 0. The summed E-state index contributed by atoms with van der Waals surface area (Å²) in [6.07, 6.45) is 2.34. The molecule has 0 saturated carbocycles. The summed E-state index contributed by atoms with van der Waals surface area (Å²) in [6.45, 7) is 0.0587. The number of hydrogen-bond acceptors (Lipinski definition) is 5. The van der Waals surface area contributed by atoms with Gasteiger partial charge < -0.3 is 9.32 Å². The first-order valence-corrected chi connectivity index (χ1v) is 10.6. The maximum atomic E-state index is 13.5. The number of nitrogens with zero attached hydrogens (tertiary/aromatic N) is 3. The summed E-state index contributed by atoms with van der Waals surface area (Å²) in [5.74, 6) is -0.0901. The van der Waals surface area contributed by atoms with Gasteiger partial charge in [-0.1, -0.05) is 54.6 Å². The van der Waals surface area contributed by atoms with Gasteiger partial charge in [0.05, 0.1) is 12.1 Å². The second-order valence-electron chi connectivity index (χ2n) is 8.28. The number of fused-ring (bicyclic) bond motifs is 6. The van der Waals surface area contributed by atoms with Crippen LogP contribution in [0.5, 0.6) is 0 Å². The Morgan fingerprint density at radius 2 is 1.74 bits per heavy atom. The van der Waals surface area contributed by atoms with E-state index in [-0.39, 0.29) is 12.5 Å². The molecule has 6 rings (SSSR count). The summed E-state index contributed by atoms with van der Waals surface area (Å²) < 4.78 is 47.1. The highest BCUT2D eigenvalue weighted by Crippen LogP contribution is 2.39. The largest absolute Gasteiger partial charge is 0.433 e. The van der Waals surface area contributed by atoms with Gasteiger partial charge in [0.2, 0.25) is 5.95 Å². The van der Waals surface area contributed by atoms with Gasteiger partial charge in [0.1, 0.15) is 5.58 Å². The molecule has 0 radical (unpaired) electrons. The van der Waals surface area contributed by atoms with Crippen LogP contribution in [0.2, 0.25) is 0 Å². The molecule has 0 bridgehead atoms. The smallest absolute Gasteiger partial charge is 0.423 e. The highest BCUT2D eigenvalue weighted by molar-refractivity contribution is 6.07. The van der Waals surface area contributed by atoms with E-state index in [2.05, 4.69) is 4.98 Å². The Bertz CT molecular complexity index is 1650. The molecule has 1 aliphatic carbocycles. The van der Waals surface area contributed by atoms with Gasteiger partial charge in [-0.05, 0) is 22.4 Å². The normalized spacial score (nSPS) is 19.1. The fourth-order valence-corrected chi connectivity index (χ4v) is 4.86. The van der Waals surface area contributed by atoms with Crippen molar-refractivity contribution in [3.05, 3.63) is 105 Å². The molecule has 3 heterocycles. The molecular formula is C25H16F3N3O3. The molecule has 34 heavy (non-hydrogen) atoms. The fourth-order valence-electron chi connectivity index (χ4n) is 4.86. The van der Waals surface area contributed by atoms with Crippen LogP contribution in [0.3, 0.4) is 0 Å². The third-order valence-corrected chi connectivity index (χ3v) is 6.27. The quantitative estimate of drug-likeness (QED) is 0.322. The van der Waals surface area contributed by atoms with Crippen LogP contribution in [0.25, 0.3) is 21.7 Å². The van der Waals surface area contributed by atoms with Crippen molar-refractivity contribution in [1.82, 2.24) is 9.55 Å². The van der Waals surface area contributed by atoms with Crippen LogP contribution in [0.1, 0.15) is 17.3 Å². The summed E-state index contributed by atoms with van der Waals surface area (Å²) in [4.78, 5) is 30.6. The minimum Gasteiger partial charge on any atom is -0.423 e. The lowest BCUT2D eigenvalue weighted by Gasteiger charge is -2.26. The van der Waals surface area contributed by atoms with E-state index >= 15 is 0 Å². The third kappa shape index (κ3) is 3.07. The Hall–Kier alpha value is -4.14. The Balaban J connectivity index is 1.58. The minimum atomic E-state index is -4.77. The van der Waals surface area contributed by atoms with Crippen molar-refractivity contribution >= 4 is 27.7 Å². The van der Waals surface area contributed by atoms with E-state index in [1.807, 2.05) is 36.4 Å². The second-order valence-corrected chi connectivity index (χ2v) is 8.28. The molecule has 9 heteroatoms. The minimum absolute atomic E-state index is 0.0587. The third-order valence-electron chi connectivity index (χ3n) is 6.27.